The van der Waals surface area contributed by atoms with Gasteiger partial charge in [-0.2, -0.15) is 4.31 Å². The maximum absolute atomic E-state index is 13.0. The third-order valence-electron chi connectivity index (χ3n) is 6.06. The van der Waals surface area contributed by atoms with Gasteiger partial charge in [-0.25, -0.2) is 8.42 Å². The zero-order valence-electron chi connectivity index (χ0n) is 18.3. The Labute approximate surface area is 184 Å². The number of ketones is 1. The van der Waals surface area contributed by atoms with E-state index in [4.69, 9.17) is 0 Å². The lowest BCUT2D eigenvalue weighted by atomic mass is 9.96. The molecular weight excluding hydrogens is 412 g/mol. The van der Waals surface area contributed by atoms with Crippen molar-refractivity contribution in [3.8, 4) is 0 Å². The molecule has 1 heterocycles. The highest BCUT2D eigenvalue weighted by Crippen LogP contribution is 2.26. The second kappa shape index (κ2) is 9.75. The smallest absolute Gasteiger partial charge is 0.243 e. The van der Waals surface area contributed by atoms with Crippen molar-refractivity contribution in [1.29, 1.82) is 0 Å². The fourth-order valence-corrected chi connectivity index (χ4v) is 5.27. The van der Waals surface area contributed by atoms with Crippen molar-refractivity contribution in [2.45, 2.75) is 50.8 Å². The van der Waals surface area contributed by atoms with Crippen LogP contribution in [0.3, 0.4) is 0 Å². The van der Waals surface area contributed by atoms with E-state index in [2.05, 4.69) is 19.2 Å². The molecule has 1 aliphatic rings. The minimum atomic E-state index is -3.69. The van der Waals surface area contributed by atoms with Crippen molar-refractivity contribution >= 4 is 27.4 Å². The molecule has 2 aromatic rings. The van der Waals surface area contributed by atoms with Crippen LogP contribution in [0.5, 0.6) is 0 Å². The predicted octanol–water partition coefficient (Wildman–Crippen LogP) is 4.44. The number of piperidine rings is 1. The van der Waals surface area contributed by atoms with Crippen LogP contribution in [0.1, 0.15) is 61.9 Å². The number of rotatable bonds is 7. The molecule has 6 nitrogen and oxygen atoms in total. The van der Waals surface area contributed by atoms with Crippen LogP contribution in [0.4, 0.5) is 5.69 Å². The van der Waals surface area contributed by atoms with Gasteiger partial charge >= 0.3 is 0 Å². The molecule has 1 aliphatic heterocycles. The summed E-state index contributed by atoms with van der Waals surface area (Å²) < 4.78 is 27.3. The Balaban J connectivity index is 1.60. The highest BCUT2D eigenvalue weighted by atomic mass is 32.2. The van der Waals surface area contributed by atoms with E-state index in [0.717, 1.165) is 12.1 Å². The molecule has 1 atom stereocenters. The number of carbonyl (C=O) groups is 2. The van der Waals surface area contributed by atoms with E-state index < -0.39 is 10.0 Å². The van der Waals surface area contributed by atoms with Crippen LogP contribution in [0.25, 0.3) is 0 Å². The molecule has 1 unspecified atom stereocenters. The first-order valence-electron chi connectivity index (χ1n) is 10.7. The molecular formula is C24H30N2O4S. The summed E-state index contributed by atoms with van der Waals surface area (Å²) in [4.78, 5) is 24.4. The summed E-state index contributed by atoms with van der Waals surface area (Å²) in [6, 6.07) is 14.0. The van der Waals surface area contributed by atoms with Gasteiger partial charge in [-0.3, -0.25) is 9.59 Å². The van der Waals surface area contributed by atoms with Gasteiger partial charge < -0.3 is 5.32 Å². The first-order chi connectivity index (χ1) is 14.7. The zero-order valence-corrected chi connectivity index (χ0v) is 19.1. The highest BCUT2D eigenvalue weighted by Gasteiger charge is 2.32. The molecule has 0 radical (unpaired) electrons. The second-order valence-corrected chi connectivity index (χ2v) is 10.1. The number of hydrogen-bond donors (Lipinski definition) is 1. The quantitative estimate of drug-likeness (QED) is 0.643. The van der Waals surface area contributed by atoms with Gasteiger partial charge in [-0.05, 0) is 61.9 Å². The van der Waals surface area contributed by atoms with E-state index in [0.29, 0.717) is 24.3 Å². The molecule has 31 heavy (non-hydrogen) atoms. The van der Waals surface area contributed by atoms with Gasteiger partial charge in [-0.1, -0.05) is 38.1 Å². The molecule has 0 spiro atoms. The monoisotopic (exact) mass is 442 g/mol. The van der Waals surface area contributed by atoms with Crippen molar-refractivity contribution in [3.63, 3.8) is 0 Å². The summed E-state index contributed by atoms with van der Waals surface area (Å²) in [6.07, 6.45) is 1.98. The summed E-state index contributed by atoms with van der Waals surface area (Å²) in [5.41, 5.74) is 2.37. The van der Waals surface area contributed by atoms with Crippen LogP contribution in [0, 0.1) is 5.92 Å². The number of amides is 1. The van der Waals surface area contributed by atoms with E-state index in [9.17, 15) is 18.0 Å². The molecule has 1 amide bonds. The molecule has 1 fully saturated rings. The number of benzene rings is 2. The van der Waals surface area contributed by atoms with Gasteiger partial charge in [0.15, 0.2) is 5.78 Å². The second-order valence-electron chi connectivity index (χ2n) is 8.18. The normalized spacial score (nSPS) is 16.6. The van der Waals surface area contributed by atoms with E-state index in [1.165, 1.54) is 28.9 Å². The highest BCUT2D eigenvalue weighted by molar-refractivity contribution is 7.89. The van der Waals surface area contributed by atoms with E-state index in [1.807, 2.05) is 24.3 Å². The Bertz CT molecular complexity index is 1040. The van der Waals surface area contributed by atoms with Crippen LogP contribution in [-0.2, 0) is 14.8 Å². The number of anilines is 1. The van der Waals surface area contributed by atoms with Gasteiger partial charge in [0, 0.05) is 30.3 Å². The molecule has 0 bridgehead atoms. The zero-order chi connectivity index (χ0) is 22.6. The minimum Gasteiger partial charge on any atom is -0.326 e. The average molecular weight is 443 g/mol. The molecule has 0 aliphatic carbocycles. The van der Waals surface area contributed by atoms with Crippen LogP contribution in [0.2, 0.25) is 0 Å². The van der Waals surface area contributed by atoms with Gasteiger partial charge in [0.1, 0.15) is 0 Å². The average Bonchev–Trinajstić information content (AvgIpc) is 2.79. The SMILES string of the molecule is CCC(C)c1ccc(NC(=O)C2CCN(S(=O)(=O)c3cccc(C(C)=O)c3)CC2)cc1. The number of carbonyl (C=O) groups excluding carboxylic acids is 2. The summed E-state index contributed by atoms with van der Waals surface area (Å²) in [7, 11) is -3.69. The van der Waals surface area contributed by atoms with Crippen LogP contribution in [-0.4, -0.2) is 37.5 Å². The molecule has 166 valence electrons. The van der Waals surface area contributed by atoms with E-state index >= 15 is 0 Å². The van der Waals surface area contributed by atoms with Crippen molar-refractivity contribution in [1.82, 2.24) is 4.31 Å². The molecule has 0 aromatic heterocycles. The molecule has 1 saturated heterocycles. The molecule has 0 saturated carbocycles. The lowest BCUT2D eigenvalue weighted by Gasteiger charge is -2.30. The number of nitrogens with zero attached hydrogens (tertiary/aromatic N) is 1. The lowest BCUT2D eigenvalue weighted by molar-refractivity contribution is -0.120. The van der Waals surface area contributed by atoms with Crippen LogP contribution < -0.4 is 5.32 Å². The Morgan fingerprint density at radius 3 is 2.32 bits per heavy atom. The first kappa shape index (κ1) is 23.2. The van der Waals surface area contributed by atoms with Crippen molar-refractivity contribution < 1.29 is 18.0 Å². The maximum atomic E-state index is 13.0. The topological polar surface area (TPSA) is 83.6 Å². The Hall–Kier alpha value is -2.51. The van der Waals surface area contributed by atoms with Gasteiger partial charge in [0.25, 0.3) is 0 Å². The summed E-state index contributed by atoms with van der Waals surface area (Å²) in [5, 5.41) is 2.96. The Kier molecular flexibility index (Phi) is 7.28. The lowest BCUT2D eigenvalue weighted by Crippen LogP contribution is -2.41. The molecule has 1 N–H and O–H groups in total. The van der Waals surface area contributed by atoms with E-state index in [-0.39, 0.29) is 35.6 Å². The first-order valence-corrected chi connectivity index (χ1v) is 12.2. The third kappa shape index (κ3) is 5.40. The molecule has 2 aromatic carbocycles. The molecule has 7 heteroatoms. The number of sulfonamides is 1. The summed E-state index contributed by atoms with van der Waals surface area (Å²) in [5.74, 6) is -0.00653. The summed E-state index contributed by atoms with van der Waals surface area (Å²) in [6.45, 7) is 6.28. The van der Waals surface area contributed by atoms with E-state index in [1.54, 1.807) is 12.1 Å². The maximum Gasteiger partial charge on any atom is 0.243 e. The predicted molar refractivity (Wildman–Crippen MR) is 122 cm³/mol. The largest absolute Gasteiger partial charge is 0.326 e. The van der Waals surface area contributed by atoms with Crippen LogP contribution >= 0.6 is 0 Å². The molecule has 3 rings (SSSR count). The minimum absolute atomic E-state index is 0.0769. The van der Waals surface area contributed by atoms with Crippen molar-refractivity contribution in [2.75, 3.05) is 18.4 Å². The van der Waals surface area contributed by atoms with Gasteiger partial charge in [0.05, 0.1) is 4.90 Å². The third-order valence-corrected chi connectivity index (χ3v) is 7.96. The van der Waals surface area contributed by atoms with Crippen molar-refractivity contribution in [3.05, 3.63) is 59.7 Å². The number of hydrogen-bond acceptors (Lipinski definition) is 4. The Morgan fingerprint density at radius 2 is 1.74 bits per heavy atom. The Morgan fingerprint density at radius 1 is 1.10 bits per heavy atom. The number of Topliss-reactive ketones (excluding diaryl/α,β-unsaturated/α-hetero) is 1. The number of nitrogens with one attached hydrogen (secondary N) is 1. The van der Waals surface area contributed by atoms with Crippen molar-refractivity contribution in [2.24, 2.45) is 5.92 Å². The van der Waals surface area contributed by atoms with Crippen LogP contribution in [0.15, 0.2) is 53.4 Å². The van der Waals surface area contributed by atoms with Gasteiger partial charge in [-0.15, -0.1) is 0 Å². The fourth-order valence-electron chi connectivity index (χ4n) is 3.76. The summed E-state index contributed by atoms with van der Waals surface area (Å²) >= 11 is 0. The fraction of sp³-hybridized carbons (Fsp3) is 0.417. The van der Waals surface area contributed by atoms with Gasteiger partial charge in [0.2, 0.25) is 15.9 Å². The standard InChI is InChI=1S/C24H30N2O4S/c1-4-17(2)19-8-10-22(11-9-19)25-24(28)20-12-14-26(15-13-20)31(29,30)23-7-5-6-21(16-23)18(3)27/h5-11,16-17,20H,4,12-15H2,1-3H3,(H,25,28).